The van der Waals surface area contributed by atoms with Crippen molar-refractivity contribution in [3.8, 4) is 0 Å². The SMILES string of the molecule is C[C@@H]1CCCC[C@@]12NC(C)(C)CO2. The lowest BCUT2D eigenvalue weighted by Crippen LogP contribution is -2.53. The van der Waals surface area contributed by atoms with E-state index in [0.717, 1.165) is 6.61 Å². The van der Waals surface area contributed by atoms with Gasteiger partial charge in [-0.05, 0) is 39.0 Å². The molecule has 1 N–H and O–H groups in total. The maximum absolute atomic E-state index is 6.00. The minimum atomic E-state index is 0.0156. The maximum atomic E-state index is 6.00. The first-order valence-corrected chi connectivity index (χ1v) is 5.47. The van der Waals surface area contributed by atoms with Crippen molar-refractivity contribution in [1.82, 2.24) is 5.32 Å². The normalized spacial score (nSPS) is 44.1. The van der Waals surface area contributed by atoms with Gasteiger partial charge < -0.3 is 4.74 Å². The van der Waals surface area contributed by atoms with Crippen LogP contribution in [0.5, 0.6) is 0 Å². The van der Waals surface area contributed by atoms with Gasteiger partial charge in [-0.1, -0.05) is 13.3 Å². The second-order valence-electron chi connectivity index (χ2n) is 5.33. The molecule has 0 aromatic heterocycles. The average Bonchev–Trinajstić information content (AvgIpc) is 2.35. The summed E-state index contributed by atoms with van der Waals surface area (Å²) in [7, 11) is 0. The van der Waals surface area contributed by atoms with Crippen LogP contribution < -0.4 is 5.32 Å². The quantitative estimate of drug-likeness (QED) is 0.622. The number of nitrogens with one attached hydrogen (secondary N) is 1. The molecule has 1 spiro atoms. The fourth-order valence-corrected chi connectivity index (χ4v) is 2.67. The third-order valence-corrected chi connectivity index (χ3v) is 3.47. The molecule has 0 aromatic carbocycles. The van der Waals surface area contributed by atoms with Crippen molar-refractivity contribution in [3.63, 3.8) is 0 Å². The van der Waals surface area contributed by atoms with Crippen LogP contribution >= 0.6 is 0 Å². The van der Waals surface area contributed by atoms with E-state index < -0.39 is 0 Å². The van der Waals surface area contributed by atoms with E-state index in [4.69, 9.17) is 4.74 Å². The van der Waals surface area contributed by atoms with Crippen LogP contribution in [0.1, 0.15) is 46.5 Å². The molecular formula is C11H21NO. The molecule has 0 bridgehead atoms. The monoisotopic (exact) mass is 183 g/mol. The fraction of sp³-hybridized carbons (Fsp3) is 1.00. The van der Waals surface area contributed by atoms with E-state index in [2.05, 4.69) is 26.1 Å². The molecule has 1 saturated heterocycles. The number of rotatable bonds is 0. The molecule has 13 heavy (non-hydrogen) atoms. The summed E-state index contributed by atoms with van der Waals surface area (Å²) in [5.41, 5.74) is 0.188. The molecule has 1 saturated carbocycles. The molecule has 2 fully saturated rings. The summed E-state index contributed by atoms with van der Waals surface area (Å²) in [6.07, 6.45) is 5.18. The molecule has 2 aliphatic rings. The molecule has 2 heteroatoms. The first kappa shape index (κ1) is 9.47. The molecule has 1 aliphatic heterocycles. The van der Waals surface area contributed by atoms with Gasteiger partial charge in [-0.25, -0.2) is 0 Å². The Hall–Kier alpha value is -0.0800. The van der Waals surface area contributed by atoms with Crippen LogP contribution in [-0.4, -0.2) is 17.9 Å². The Morgan fingerprint density at radius 1 is 1.31 bits per heavy atom. The van der Waals surface area contributed by atoms with Gasteiger partial charge in [-0.15, -0.1) is 0 Å². The van der Waals surface area contributed by atoms with E-state index in [9.17, 15) is 0 Å². The Labute approximate surface area is 81.0 Å². The zero-order valence-electron chi connectivity index (χ0n) is 9.02. The molecule has 0 unspecified atom stereocenters. The van der Waals surface area contributed by atoms with Gasteiger partial charge in [0.15, 0.2) is 0 Å². The lowest BCUT2D eigenvalue weighted by molar-refractivity contribution is -0.0765. The predicted molar refractivity (Wildman–Crippen MR) is 53.5 cm³/mol. The first-order chi connectivity index (χ1) is 6.04. The summed E-state index contributed by atoms with van der Waals surface area (Å²) in [4.78, 5) is 0. The van der Waals surface area contributed by atoms with Crippen molar-refractivity contribution in [2.45, 2.75) is 57.7 Å². The molecule has 1 aliphatic carbocycles. The minimum Gasteiger partial charge on any atom is -0.358 e. The summed E-state index contributed by atoms with van der Waals surface area (Å²) < 4.78 is 6.00. The highest BCUT2D eigenvalue weighted by Crippen LogP contribution is 2.39. The summed E-state index contributed by atoms with van der Waals surface area (Å²) in [6.45, 7) is 7.62. The summed E-state index contributed by atoms with van der Waals surface area (Å²) >= 11 is 0. The zero-order chi connectivity index (χ0) is 9.53. The molecule has 0 aromatic rings. The van der Waals surface area contributed by atoms with Gasteiger partial charge >= 0.3 is 0 Å². The second kappa shape index (κ2) is 2.96. The predicted octanol–water partition coefficient (Wildman–Crippen LogP) is 2.29. The lowest BCUT2D eigenvalue weighted by atomic mass is 9.82. The zero-order valence-corrected chi connectivity index (χ0v) is 9.02. The third-order valence-electron chi connectivity index (χ3n) is 3.47. The molecule has 0 amide bonds. The molecule has 0 radical (unpaired) electrons. The van der Waals surface area contributed by atoms with Gasteiger partial charge in [-0.2, -0.15) is 0 Å². The highest BCUT2D eigenvalue weighted by Gasteiger charge is 2.47. The first-order valence-electron chi connectivity index (χ1n) is 5.47. The largest absolute Gasteiger partial charge is 0.358 e. The van der Waals surface area contributed by atoms with E-state index in [0.29, 0.717) is 5.92 Å². The topological polar surface area (TPSA) is 21.3 Å². The van der Waals surface area contributed by atoms with Gasteiger partial charge in [0.25, 0.3) is 0 Å². The number of ether oxygens (including phenoxy) is 1. The highest BCUT2D eigenvalue weighted by molar-refractivity contribution is 4.98. The smallest absolute Gasteiger partial charge is 0.122 e. The van der Waals surface area contributed by atoms with Gasteiger partial charge in [0.1, 0.15) is 5.72 Å². The third kappa shape index (κ3) is 1.62. The average molecular weight is 183 g/mol. The van der Waals surface area contributed by atoms with Crippen LogP contribution in [0.3, 0.4) is 0 Å². The van der Waals surface area contributed by atoms with Gasteiger partial charge in [-0.3, -0.25) is 5.32 Å². The Morgan fingerprint density at radius 2 is 2.08 bits per heavy atom. The fourth-order valence-electron chi connectivity index (χ4n) is 2.67. The molecule has 2 atom stereocenters. The van der Waals surface area contributed by atoms with E-state index in [1.165, 1.54) is 25.7 Å². The summed E-state index contributed by atoms with van der Waals surface area (Å²) in [5, 5.41) is 3.67. The maximum Gasteiger partial charge on any atom is 0.122 e. The highest BCUT2D eigenvalue weighted by atomic mass is 16.5. The van der Waals surface area contributed by atoms with Crippen LogP contribution in [0.2, 0.25) is 0 Å². The van der Waals surface area contributed by atoms with Crippen molar-refractivity contribution in [2.75, 3.05) is 6.61 Å². The molecule has 1 heterocycles. The van der Waals surface area contributed by atoms with Crippen molar-refractivity contribution in [3.05, 3.63) is 0 Å². The summed E-state index contributed by atoms with van der Waals surface area (Å²) in [5.74, 6) is 0.669. The second-order valence-corrected chi connectivity index (χ2v) is 5.33. The molecule has 2 nitrogen and oxygen atoms in total. The van der Waals surface area contributed by atoms with Gasteiger partial charge in [0.2, 0.25) is 0 Å². The Morgan fingerprint density at radius 3 is 2.62 bits per heavy atom. The van der Waals surface area contributed by atoms with Crippen LogP contribution in [0.25, 0.3) is 0 Å². The molecular weight excluding hydrogens is 162 g/mol. The minimum absolute atomic E-state index is 0.0156. The Kier molecular flexibility index (Phi) is 2.16. The van der Waals surface area contributed by atoms with Gasteiger partial charge in [0, 0.05) is 5.54 Å². The van der Waals surface area contributed by atoms with Crippen molar-refractivity contribution in [1.29, 1.82) is 0 Å². The Bertz CT molecular complexity index is 202. The standard InChI is InChI=1S/C11H21NO/c1-9-6-4-5-7-11(9)12-10(2,3)8-13-11/h9,12H,4-8H2,1-3H3/t9-,11+/m1/s1. The van der Waals surface area contributed by atoms with Crippen LogP contribution in [-0.2, 0) is 4.74 Å². The van der Waals surface area contributed by atoms with E-state index in [1.807, 2.05) is 0 Å². The van der Waals surface area contributed by atoms with Crippen molar-refractivity contribution in [2.24, 2.45) is 5.92 Å². The molecule has 2 rings (SSSR count). The number of hydrogen-bond donors (Lipinski definition) is 1. The van der Waals surface area contributed by atoms with E-state index in [-0.39, 0.29) is 11.3 Å². The lowest BCUT2D eigenvalue weighted by Gasteiger charge is -2.39. The van der Waals surface area contributed by atoms with Crippen molar-refractivity contribution >= 4 is 0 Å². The van der Waals surface area contributed by atoms with Gasteiger partial charge in [0.05, 0.1) is 6.61 Å². The van der Waals surface area contributed by atoms with Crippen molar-refractivity contribution < 1.29 is 4.74 Å². The van der Waals surface area contributed by atoms with E-state index in [1.54, 1.807) is 0 Å². The van der Waals surface area contributed by atoms with Crippen LogP contribution in [0, 0.1) is 5.92 Å². The summed E-state index contributed by atoms with van der Waals surface area (Å²) in [6, 6.07) is 0. The van der Waals surface area contributed by atoms with Crippen LogP contribution in [0.15, 0.2) is 0 Å². The number of hydrogen-bond acceptors (Lipinski definition) is 2. The van der Waals surface area contributed by atoms with Crippen LogP contribution in [0.4, 0.5) is 0 Å². The molecule has 76 valence electrons. The Balaban J connectivity index is 2.12. The van der Waals surface area contributed by atoms with E-state index >= 15 is 0 Å².